The van der Waals surface area contributed by atoms with Crippen LogP contribution in [0.15, 0.2) is 47.4 Å². The summed E-state index contributed by atoms with van der Waals surface area (Å²) in [6, 6.07) is 9.20. The Labute approximate surface area is 177 Å². The lowest BCUT2D eigenvalue weighted by Gasteiger charge is -2.26. The topological polar surface area (TPSA) is 102 Å². The summed E-state index contributed by atoms with van der Waals surface area (Å²) in [4.78, 5) is 23.8. The molecule has 1 N–H and O–H groups in total. The van der Waals surface area contributed by atoms with Gasteiger partial charge in [0.2, 0.25) is 10.0 Å². The van der Waals surface area contributed by atoms with E-state index in [1.165, 1.54) is 40.7 Å². The minimum atomic E-state index is -3.87. The fourth-order valence-electron chi connectivity index (χ4n) is 2.74. The van der Waals surface area contributed by atoms with Gasteiger partial charge in [-0.3, -0.25) is 4.79 Å². The van der Waals surface area contributed by atoms with Crippen LogP contribution in [0.1, 0.15) is 10.4 Å². The van der Waals surface area contributed by atoms with Crippen molar-refractivity contribution >= 4 is 39.2 Å². The Hall–Kier alpha value is -2.53. The molecular formula is C19H18ClFN2O6S. The Bertz CT molecular complexity index is 1060. The number of carbonyl (C=O) groups is 2. The molecule has 0 aromatic heterocycles. The number of nitrogens with zero attached hydrogens (tertiary/aromatic N) is 1. The van der Waals surface area contributed by atoms with Gasteiger partial charge in [-0.1, -0.05) is 23.7 Å². The van der Waals surface area contributed by atoms with E-state index in [1.54, 1.807) is 0 Å². The van der Waals surface area contributed by atoms with Crippen molar-refractivity contribution in [2.75, 3.05) is 38.2 Å². The normalized spacial score (nSPS) is 14.9. The molecule has 0 bridgehead atoms. The predicted octanol–water partition coefficient (Wildman–Crippen LogP) is 2.30. The standard InChI is InChI=1S/C19H18ClFN2O6S/c20-15-6-5-13(11-17(15)30(26,27)23-7-9-28-10-8-23)22-18(24)12-29-19(25)14-3-1-2-4-16(14)21/h1-6,11H,7-10,12H2,(H,22,24). The van der Waals surface area contributed by atoms with Crippen LogP contribution in [0.5, 0.6) is 0 Å². The van der Waals surface area contributed by atoms with Gasteiger partial charge in [0.1, 0.15) is 10.7 Å². The third kappa shape index (κ3) is 5.14. The monoisotopic (exact) mass is 456 g/mol. The van der Waals surface area contributed by atoms with Crippen LogP contribution in [0, 0.1) is 5.82 Å². The van der Waals surface area contributed by atoms with Gasteiger partial charge in [-0.15, -0.1) is 0 Å². The van der Waals surface area contributed by atoms with E-state index in [0.717, 1.165) is 6.07 Å². The third-order valence-electron chi connectivity index (χ3n) is 4.23. The molecule has 0 unspecified atom stereocenters. The minimum Gasteiger partial charge on any atom is -0.452 e. The van der Waals surface area contributed by atoms with Crippen molar-refractivity contribution in [3.05, 3.63) is 58.9 Å². The summed E-state index contributed by atoms with van der Waals surface area (Å²) >= 11 is 6.07. The van der Waals surface area contributed by atoms with Crippen LogP contribution in [0.25, 0.3) is 0 Å². The van der Waals surface area contributed by atoms with Crippen molar-refractivity contribution in [3.63, 3.8) is 0 Å². The van der Waals surface area contributed by atoms with E-state index in [4.69, 9.17) is 21.1 Å². The number of benzene rings is 2. The summed E-state index contributed by atoms with van der Waals surface area (Å²) in [5, 5.41) is 2.43. The maximum Gasteiger partial charge on any atom is 0.341 e. The number of nitrogens with one attached hydrogen (secondary N) is 1. The molecule has 8 nitrogen and oxygen atoms in total. The molecule has 1 aliphatic heterocycles. The molecule has 1 amide bonds. The number of rotatable bonds is 6. The average Bonchev–Trinajstić information content (AvgIpc) is 2.74. The zero-order valence-corrected chi connectivity index (χ0v) is 17.2. The Morgan fingerprint density at radius 3 is 2.57 bits per heavy atom. The van der Waals surface area contributed by atoms with Crippen LogP contribution in [0.2, 0.25) is 5.02 Å². The maximum atomic E-state index is 13.6. The molecule has 0 spiro atoms. The predicted molar refractivity (Wildman–Crippen MR) is 106 cm³/mol. The van der Waals surface area contributed by atoms with E-state index in [-0.39, 0.29) is 47.5 Å². The second-order valence-electron chi connectivity index (χ2n) is 6.27. The molecule has 0 aliphatic carbocycles. The van der Waals surface area contributed by atoms with Crippen LogP contribution in [0.3, 0.4) is 0 Å². The Morgan fingerprint density at radius 2 is 1.87 bits per heavy atom. The number of carbonyl (C=O) groups excluding carboxylic acids is 2. The molecule has 160 valence electrons. The van der Waals surface area contributed by atoms with E-state index in [2.05, 4.69) is 5.32 Å². The van der Waals surface area contributed by atoms with E-state index in [0.29, 0.717) is 0 Å². The van der Waals surface area contributed by atoms with E-state index < -0.39 is 34.3 Å². The first kappa shape index (κ1) is 22.2. The SMILES string of the molecule is O=C(COC(=O)c1ccccc1F)Nc1ccc(Cl)c(S(=O)(=O)N2CCOCC2)c1. The van der Waals surface area contributed by atoms with Crippen molar-refractivity contribution in [3.8, 4) is 0 Å². The smallest absolute Gasteiger partial charge is 0.341 e. The number of amides is 1. The van der Waals surface area contributed by atoms with Crippen molar-refractivity contribution in [2.45, 2.75) is 4.90 Å². The summed E-state index contributed by atoms with van der Waals surface area (Å²) < 4.78 is 50.4. The average molecular weight is 457 g/mol. The molecule has 30 heavy (non-hydrogen) atoms. The highest BCUT2D eigenvalue weighted by molar-refractivity contribution is 7.89. The summed E-state index contributed by atoms with van der Waals surface area (Å²) in [7, 11) is -3.87. The lowest BCUT2D eigenvalue weighted by molar-refractivity contribution is -0.119. The van der Waals surface area contributed by atoms with Gasteiger partial charge >= 0.3 is 5.97 Å². The van der Waals surface area contributed by atoms with Crippen molar-refractivity contribution < 1.29 is 31.9 Å². The first-order chi connectivity index (χ1) is 14.3. The lowest BCUT2D eigenvalue weighted by atomic mass is 10.2. The summed E-state index contributed by atoms with van der Waals surface area (Å²) in [5.74, 6) is -2.48. The molecule has 1 fully saturated rings. The van der Waals surface area contributed by atoms with E-state index in [9.17, 15) is 22.4 Å². The zero-order valence-electron chi connectivity index (χ0n) is 15.6. The number of halogens is 2. The molecule has 2 aromatic rings. The van der Waals surface area contributed by atoms with Gasteiger partial charge in [-0.05, 0) is 30.3 Å². The summed E-state index contributed by atoms with van der Waals surface area (Å²) in [5.41, 5.74) is -0.145. The van der Waals surface area contributed by atoms with Crippen molar-refractivity contribution in [2.24, 2.45) is 0 Å². The summed E-state index contributed by atoms with van der Waals surface area (Å²) in [6.07, 6.45) is 0. The molecule has 2 aromatic carbocycles. The van der Waals surface area contributed by atoms with Gasteiger partial charge in [0.15, 0.2) is 6.61 Å². The molecule has 0 atom stereocenters. The van der Waals surface area contributed by atoms with Gasteiger partial charge in [-0.25, -0.2) is 17.6 Å². The molecule has 1 heterocycles. The number of hydrogen-bond acceptors (Lipinski definition) is 6. The first-order valence-corrected chi connectivity index (χ1v) is 10.7. The number of sulfonamides is 1. The minimum absolute atomic E-state index is 0.00507. The molecule has 0 radical (unpaired) electrons. The van der Waals surface area contributed by atoms with Gasteiger partial charge < -0.3 is 14.8 Å². The Kier molecular flexibility index (Phi) is 7.03. The summed E-state index contributed by atoms with van der Waals surface area (Å²) in [6.45, 7) is 0.269. The van der Waals surface area contributed by atoms with Gasteiger partial charge in [0.05, 0.1) is 23.8 Å². The number of hydrogen-bond donors (Lipinski definition) is 1. The van der Waals surface area contributed by atoms with E-state index in [1.807, 2.05) is 0 Å². The molecule has 0 saturated carbocycles. The van der Waals surface area contributed by atoms with Crippen LogP contribution < -0.4 is 5.32 Å². The number of anilines is 1. The second-order valence-corrected chi connectivity index (χ2v) is 8.58. The number of ether oxygens (including phenoxy) is 2. The van der Waals surface area contributed by atoms with Crippen molar-refractivity contribution in [1.82, 2.24) is 4.31 Å². The quantitative estimate of drug-likeness (QED) is 0.669. The largest absolute Gasteiger partial charge is 0.452 e. The van der Waals surface area contributed by atoms with Crippen LogP contribution in [-0.4, -0.2) is 57.5 Å². The van der Waals surface area contributed by atoms with Crippen LogP contribution in [0.4, 0.5) is 10.1 Å². The highest BCUT2D eigenvalue weighted by Crippen LogP contribution is 2.28. The van der Waals surface area contributed by atoms with Gasteiger partial charge in [-0.2, -0.15) is 4.31 Å². The Balaban J connectivity index is 1.67. The third-order valence-corrected chi connectivity index (χ3v) is 6.61. The lowest BCUT2D eigenvalue weighted by Crippen LogP contribution is -2.40. The van der Waals surface area contributed by atoms with Crippen LogP contribution in [-0.2, 0) is 24.3 Å². The molecular weight excluding hydrogens is 439 g/mol. The van der Waals surface area contributed by atoms with Gasteiger partial charge in [0.25, 0.3) is 5.91 Å². The maximum absolute atomic E-state index is 13.6. The highest BCUT2D eigenvalue weighted by atomic mass is 35.5. The van der Waals surface area contributed by atoms with Crippen molar-refractivity contribution in [1.29, 1.82) is 0 Å². The second kappa shape index (κ2) is 9.52. The molecule has 3 rings (SSSR count). The number of esters is 1. The van der Waals surface area contributed by atoms with Gasteiger partial charge in [0, 0.05) is 18.8 Å². The first-order valence-electron chi connectivity index (χ1n) is 8.88. The Morgan fingerprint density at radius 1 is 1.17 bits per heavy atom. The van der Waals surface area contributed by atoms with E-state index >= 15 is 0 Å². The fraction of sp³-hybridized carbons (Fsp3) is 0.263. The molecule has 11 heteroatoms. The number of morpholine rings is 1. The fourth-order valence-corrected chi connectivity index (χ4v) is 4.65. The zero-order chi connectivity index (χ0) is 21.7. The van der Waals surface area contributed by atoms with Crippen LogP contribution >= 0.6 is 11.6 Å². The highest BCUT2D eigenvalue weighted by Gasteiger charge is 2.28. The molecule has 1 saturated heterocycles. The molecule has 1 aliphatic rings.